The van der Waals surface area contributed by atoms with Gasteiger partial charge in [0.15, 0.2) is 0 Å². The van der Waals surface area contributed by atoms with Crippen molar-refractivity contribution < 1.29 is 4.79 Å². The van der Waals surface area contributed by atoms with Crippen LogP contribution in [0.5, 0.6) is 0 Å². The number of benzene rings is 1. The van der Waals surface area contributed by atoms with Gasteiger partial charge in [-0.3, -0.25) is 4.79 Å². The normalized spacial score (nSPS) is 17.3. The SMILES string of the molecule is CCC(N)(CC)CNC(=O)CC1CCCc2ccccc21.Cl. The number of hydrogen-bond acceptors (Lipinski definition) is 2. The summed E-state index contributed by atoms with van der Waals surface area (Å²) in [6.07, 6.45) is 5.79. The van der Waals surface area contributed by atoms with Gasteiger partial charge in [-0.2, -0.15) is 0 Å². The molecule has 2 rings (SSSR count). The van der Waals surface area contributed by atoms with Crippen LogP contribution in [0.3, 0.4) is 0 Å². The van der Waals surface area contributed by atoms with Gasteiger partial charge in [-0.15, -0.1) is 12.4 Å². The zero-order chi connectivity index (χ0) is 15.3. The first-order chi connectivity index (χ1) is 10.1. The summed E-state index contributed by atoms with van der Waals surface area (Å²) in [5, 5.41) is 3.04. The zero-order valence-corrected chi connectivity index (χ0v) is 14.5. The molecule has 1 aliphatic carbocycles. The molecule has 0 spiro atoms. The lowest BCUT2D eigenvalue weighted by atomic mass is 9.81. The van der Waals surface area contributed by atoms with Crippen LogP contribution in [0, 0.1) is 0 Å². The van der Waals surface area contributed by atoms with Crippen LogP contribution in [0.15, 0.2) is 24.3 Å². The molecule has 1 aromatic rings. The maximum Gasteiger partial charge on any atom is 0.220 e. The van der Waals surface area contributed by atoms with Crippen LogP contribution in [-0.4, -0.2) is 18.0 Å². The van der Waals surface area contributed by atoms with Crippen LogP contribution in [0.2, 0.25) is 0 Å². The van der Waals surface area contributed by atoms with Crippen molar-refractivity contribution in [3.8, 4) is 0 Å². The van der Waals surface area contributed by atoms with E-state index in [-0.39, 0.29) is 23.9 Å². The van der Waals surface area contributed by atoms with E-state index in [1.165, 1.54) is 17.5 Å². The number of carbonyl (C=O) groups is 1. The third kappa shape index (κ3) is 4.72. The van der Waals surface area contributed by atoms with Crippen LogP contribution in [0.1, 0.15) is 63.0 Å². The van der Waals surface area contributed by atoms with E-state index >= 15 is 0 Å². The molecule has 124 valence electrons. The third-order valence-corrected chi connectivity index (χ3v) is 4.97. The number of halogens is 1. The Labute approximate surface area is 140 Å². The topological polar surface area (TPSA) is 55.1 Å². The number of amides is 1. The van der Waals surface area contributed by atoms with Crippen LogP contribution in [0.4, 0.5) is 0 Å². The van der Waals surface area contributed by atoms with Gasteiger partial charge in [0, 0.05) is 18.5 Å². The Morgan fingerprint density at radius 1 is 1.32 bits per heavy atom. The van der Waals surface area contributed by atoms with Gasteiger partial charge >= 0.3 is 0 Å². The second-order valence-corrected chi connectivity index (χ2v) is 6.34. The summed E-state index contributed by atoms with van der Waals surface area (Å²) in [6.45, 7) is 4.73. The summed E-state index contributed by atoms with van der Waals surface area (Å²) in [4.78, 5) is 12.2. The summed E-state index contributed by atoms with van der Waals surface area (Å²) in [6, 6.07) is 8.54. The number of rotatable bonds is 6. The Kier molecular flexibility index (Phi) is 7.37. The van der Waals surface area contributed by atoms with E-state index in [0.29, 0.717) is 18.9 Å². The number of nitrogens with one attached hydrogen (secondary N) is 1. The average molecular weight is 325 g/mol. The average Bonchev–Trinajstić information content (AvgIpc) is 2.53. The summed E-state index contributed by atoms with van der Waals surface area (Å²) in [5.74, 6) is 0.499. The summed E-state index contributed by atoms with van der Waals surface area (Å²) >= 11 is 0. The Hall–Kier alpha value is -1.06. The van der Waals surface area contributed by atoms with Gasteiger partial charge in [-0.25, -0.2) is 0 Å². The lowest BCUT2D eigenvalue weighted by Crippen LogP contribution is -2.49. The molecule has 0 radical (unpaired) electrons. The molecule has 0 saturated heterocycles. The highest BCUT2D eigenvalue weighted by Crippen LogP contribution is 2.33. The van der Waals surface area contributed by atoms with Gasteiger partial charge < -0.3 is 11.1 Å². The largest absolute Gasteiger partial charge is 0.354 e. The highest BCUT2D eigenvalue weighted by molar-refractivity contribution is 5.85. The molecule has 3 nitrogen and oxygen atoms in total. The standard InChI is InChI=1S/C18H28N2O.ClH/c1-3-18(19,4-2)13-20-17(21)12-15-10-7-9-14-8-5-6-11-16(14)15;/h5-6,8,11,15H,3-4,7,9-10,12-13,19H2,1-2H3,(H,20,21);1H. The molecule has 1 atom stereocenters. The molecule has 1 amide bonds. The predicted octanol–water partition coefficient (Wildman–Crippen LogP) is 3.55. The van der Waals surface area contributed by atoms with Crippen LogP contribution < -0.4 is 11.1 Å². The van der Waals surface area contributed by atoms with Crippen molar-refractivity contribution >= 4 is 18.3 Å². The summed E-state index contributed by atoms with van der Waals surface area (Å²) < 4.78 is 0. The third-order valence-electron chi connectivity index (χ3n) is 4.97. The molecule has 1 unspecified atom stereocenters. The smallest absolute Gasteiger partial charge is 0.220 e. The second kappa shape index (κ2) is 8.54. The molecule has 1 aliphatic rings. The van der Waals surface area contributed by atoms with Gasteiger partial charge in [0.05, 0.1) is 0 Å². The van der Waals surface area contributed by atoms with E-state index in [1.54, 1.807) is 0 Å². The van der Waals surface area contributed by atoms with Crippen LogP contribution >= 0.6 is 12.4 Å². The number of fused-ring (bicyclic) bond motifs is 1. The Morgan fingerprint density at radius 2 is 2.00 bits per heavy atom. The monoisotopic (exact) mass is 324 g/mol. The fourth-order valence-electron chi connectivity index (χ4n) is 3.14. The summed E-state index contributed by atoms with van der Waals surface area (Å²) in [5.41, 5.74) is 8.75. The maximum atomic E-state index is 12.2. The van der Waals surface area contributed by atoms with Gasteiger partial charge in [-0.1, -0.05) is 38.1 Å². The molecule has 1 aromatic carbocycles. The highest BCUT2D eigenvalue weighted by Gasteiger charge is 2.24. The lowest BCUT2D eigenvalue weighted by molar-refractivity contribution is -0.121. The molecule has 4 heteroatoms. The Balaban J connectivity index is 0.00000242. The van der Waals surface area contributed by atoms with Gasteiger partial charge in [-0.05, 0) is 49.1 Å². The van der Waals surface area contributed by atoms with Crippen molar-refractivity contribution in [2.75, 3.05) is 6.54 Å². The van der Waals surface area contributed by atoms with Crippen molar-refractivity contribution in [2.45, 2.75) is 63.8 Å². The van der Waals surface area contributed by atoms with Crippen molar-refractivity contribution in [3.63, 3.8) is 0 Å². The van der Waals surface area contributed by atoms with Crippen LogP contribution in [0.25, 0.3) is 0 Å². The van der Waals surface area contributed by atoms with E-state index in [2.05, 4.69) is 43.4 Å². The molecule has 3 N–H and O–H groups in total. The van der Waals surface area contributed by atoms with Gasteiger partial charge in [0.2, 0.25) is 5.91 Å². The van der Waals surface area contributed by atoms with E-state index in [0.717, 1.165) is 25.7 Å². The number of aryl methyl sites for hydroxylation is 1. The summed E-state index contributed by atoms with van der Waals surface area (Å²) in [7, 11) is 0. The minimum absolute atomic E-state index is 0. The molecule has 0 heterocycles. The predicted molar refractivity (Wildman–Crippen MR) is 94.5 cm³/mol. The number of hydrogen-bond donors (Lipinski definition) is 2. The first-order valence-corrected chi connectivity index (χ1v) is 8.21. The minimum Gasteiger partial charge on any atom is -0.354 e. The minimum atomic E-state index is -0.264. The van der Waals surface area contributed by atoms with Crippen LogP contribution in [-0.2, 0) is 11.2 Å². The molecular weight excluding hydrogens is 296 g/mol. The van der Waals surface area contributed by atoms with Crippen molar-refractivity contribution in [1.82, 2.24) is 5.32 Å². The van der Waals surface area contributed by atoms with E-state index in [1.807, 2.05) is 0 Å². The van der Waals surface area contributed by atoms with Gasteiger partial charge in [0.25, 0.3) is 0 Å². The molecule has 0 fully saturated rings. The van der Waals surface area contributed by atoms with E-state index in [4.69, 9.17) is 5.73 Å². The first-order valence-electron chi connectivity index (χ1n) is 8.21. The molecule has 0 aromatic heterocycles. The molecule has 0 bridgehead atoms. The molecule has 0 saturated carbocycles. The van der Waals surface area contributed by atoms with Crippen molar-refractivity contribution in [2.24, 2.45) is 5.73 Å². The van der Waals surface area contributed by atoms with E-state index < -0.39 is 0 Å². The van der Waals surface area contributed by atoms with Gasteiger partial charge in [0.1, 0.15) is 0 Å². The molecular formula is C18H29ClN2O. The van der Waals surface area contributed by atoms with Crippen molar-refractivity contribution in [3.05, 3.63) is 35.4 Å². The first kappa shape index (κ1) is 19.0. The molecule has 0 aliphatic heterocycles. The fourth-order valence-corrected chi connectivity index (χ4v) is 3.14. The number of nitrogens with two attached hydrogens (primary N) is 1. The zero-order valence-electron chi connectivity index (χ0n) is 13.7. The lowest BCUT2D eigenvalue weighted by Gasteiger charge is -2.28. The van der Waals surface area contributed by atoms with E-state index in [9.17, 15) is 4.79 Å². The Bertz CT molecular complexity index is 486. The quantitative estimate of drug-likeness (QED) is 0.840. The fraction of sp³-hybridized carbons (Fsp3) is 0.611. The molecule has 22 heavy (non-hydrogen) atoms. The second-order valence-electron chi connectivity index (χ2n) is 6.34. The Morgan fingerprint density at radius 3 is 2.68 bits per heavy atom. The number of carbonyl (C=O) groups excluding carboxylic acids is 1. The highest BCUT2D eigenvalue weighted by atomic mass is 35.5. The van der Waals surface area contributed by atoms with Crippen molar-refractivity contribution in [1.29, 1.82) is 0 Å². The maximum absolute atomic E-state index is 12.2.